The van der Waals surface area contributed by atoms with E-state index in [2.05, 4.69) is 0 Å². The second-order valence-corrected chi connectivity index (χ2v) is 7.78. The number of aryl methyl sites for hydroxylation is 1. The maximum absolute atomic E-state index is 13.1. The summed E-state index contributed by atoms with van der Waals surface area (Å²) in [5.74, 6) is -0.721. The molecule has 0 bridgehead atoms. The highest BCUT2D eigenvalue weighted by atomic mass is 35.5. The first-order valence-electron chi connectivity index (χ1n) is 9.88. The van der Waals surface area contributed by atoms with Crippen LogP contribution in [0.3, 0.4) is 0 Å². The van der Waals surface area contributed by atoms with Gasteiger partial charge in [0.15, 0.2) is 0 Å². The Morgan fingerprint density at radius 2 is 1.90 bits per heavy atom. The van der Waals surface area contributed by atoms with E-state index >= 15 is 0 Å². The normalized spacial score (nSPS) is 16.4. The summed E-state index contributed by atoms with van der Waals surface area (Å²) in [6, 6.07) is 13.9. The Morgan fingerprint density at radius 3 is 2.55 bits per heavy atom. The average Bonchev–Trinajstić information content (AvgIpc) is 2.97. The van der Waals surface area contributed by atoms with Crippen LogP contribution in [0.25, 0.3) is 0 Å². The molecule has 1 aliphatic rings. The standard InChI is InChI=1S/C23H25ClN2O3/c1-3-5-21(27)25(13-12-17-6-4-7-18(24)14-17)20-15-22(28)26(23(20)29)19-10-8-16(2)9-11-19/h4,6-11,14,20H,3,5,12-13,15H2,1-2H3. The second kappa shape index (κ2) is 9.23. The number of carbonyl (C=O) groups is 3. The fourth-order valence-corrected chi connectivity index (χ4v) is 3.79. The van der Waals surface area contributed by atoms with Crippen LogP contribution in [0, 0.1) is 6.92 Å². The van der Waals surface area contributed by atoms with Crippen LogP contribution in [0.5, 0.6) is 0 Å². The molecule has 2 aromatic carbocycles. The zero-order chi connectivity index (χ0) is 21.0. The fraction of sp³-hybridized carbons (Fsp3) is 0.348. The Balaban J connectivity index is 1.81. The van der Waals surface area contributed by atoms with Gasteiger partial charge in [-0.2, -0.15) is 0 Å². The minimum Gasteiger partial charge on any atom is -0.330 e. The van der Waals surface area contributed by atoms with Gasteiger partial charge in [0.25, 0.3) is 5.91 Å². The highest BCUT2D eigenvalue weighted by molar-refractivity contribution is 6.30. The van der Waals surface area contributed by atoms with Gasteiger partial charge in [-0.25, -0.2) is 4.90 Å². The summed E-state index contributed by atoms with van der Waals surface area (Å²) in [6.07, 6.45) is 1.61. The molecule has 1 aliphatic heterocycles. The van der Waals surface area contributed by atoms with Gasteiger partial charge in [0.2, 0.25) is 11.8 Å². The molecule has 0 N–H and O–H groups in total. The molecule has 0 radical (unpaired) electrons. The smallest absolute Gasteiger partial charge is 0.257 e. The summed E-state index contributed by atoms with van der Waals surface area (Å²) in [5.41, 5.74) is 2.58. The van der Waals surface area contributed by atoms with Gasteiger partial charge >= 0.3 is 0 Å². The monoisotopic (exact) mass is 412 g/mol. The number of nitrogens with zero attached hydrogens (tertiary/aromatic N) is 2. The van der Waals surface area contributed by atoms with E-state index in [1.54, 1.807) is 23.1 Å². The molecule has 1 atom stereocenters. The molecule has 1 fully saturated rings. The lowest BCUT2D eigenvalue weighted by Crippen LogP contribution is -2.46. The number of benzene rings is 2. The van der Waals surface area contributed by atoms with Gasteiger partial charge in [-0.3, -0.25) is 14.4 Å². The van der Waals surface area contributed by atoms with Gasteiger partial charge in [-0.1, -0.05) is 48.4 Å². The number of anilines is 1. The third-order valence-electron chi connectivity index (χ3n) is 5.11. The fourth-order valence-electron chi connectivity index (χ4n) is 3.58. The number of amides is 3. The summed E-state index contributed by atoms with van der Waals surface area (Å²) in [6.45, 7) is 4.24. The average molecular weight is 413 g/mol. The van der Waals surface area contributed by atoms with Crippen molar-refractivity contribution in [1.82, 2.24) is 4.90 Å². The first-order chi connectivity index (χ1) is 13.9. The van der Waals surface area contributed by atoms with Gasteiger partial charge in [-0.05, 0) is 49.6 Å². The third kappa shape index (κ3) is 4.85. The number of halogens is 1. The number of imide groups is 1. The number of rotatable bonds is 7. The van der Waals surface area contributed by atoms with Crippen molar-refractivity contribution in [2.24, 2.45) is 0 Å². The number of hydrogen-bond acceptors (Lipinski definition) is 3. The van der Waals surface area contributed by atoms with E-state index in [0.717, 1.165) is 11.1 Å². The van der Waals surface area contributed by atoms with Crippen molar-refractivity contribution < 1.29 is 14.4 Å². The van der Waals surface area contributed by atoms with Gasteiger partial charge < -0.3 is 4.90 Å². The first kappa shape index (κ1) is 21.1. The molecular formula is C23H25ClN2O3. The van der Waals surface area contributed by atoms with Crippen molar-refractivity contribution in [2.45, 2.75) is 45.6 Å². The molecule has 0 saturated carbocycles. The van der Waals surface area contributed by atoms with Crippen LogP contribution in [0.4, 0.5) is 5.69 Å². The lowest BCUT2D eigenvalue weighted by atomic mass is 10.1. The predicted octanol–water partition coefficient (Wildman–Crippen LogP) is 4.15. The van der Waals surface area contributed by atoms with Crippen LogP contribution in [-0.2, 0) is 20.8 Å². The van der Waals surface area contributed by atoms with E-state index in [4.69, 9.17) is 11.6 Å². The van der Waals surface area contributed by atoms with Crippen molar-refractivity contribution in [3.8, 4) is 0 Å². The molecule has 0 aliphatic carbocycles. The summed E-state index contributed by atoms with van der Waals surface area (Å²) >= 11 is 6.05. The van der Waals surface area contributed by atoms with Gasteiger partial charge in [0.05, 0.1) is 12.1 Å². The Bertz CT molecular complexity index is 911. The number of hydrogen-bond donors (Lipinski definition) is 0. The molecule has 1 unspecified atom stereocenters. The minimum atomic E-state index is -0.762. The van der Waals surface area contributed by atoms with E-state index in [0.29, 0.717) is 36.5 Å². The van der Waals surface area contributed by atoms with Crippen LogP contribution >= 0.6 is 11.6 Å². The molecule has 1 saturated heterocycles. The van der Waals surface area contributed by atoms with E-state index in [-0.39, 0.29) is 24.1 Å². The molecule has 1 heterocycles. The van der Waals surface area contributed by atoms with E-state index in [1.807, 2.05) is 44.2 Å². The van der Waals surface area contributed by atoms with Crippen molar-refractivity contribution in [1.29, 1.82) is 0 Å². The molecule has 29 heavy (non-hydrogen) atoms. The van der Waals surface area contributed by atoms with Crippen LogP contribution in [0.1, 0.15) is 37.3 Å². The highest BCUT2D eigenvalue weighted by Crippen LogP contribution is 2.27. The van der Waals surface area contributed by atoms with E-state index in [9.17, 15) is 14.4 Å². The van der Waals surface area contributed by atoms with Crippen LogP contribution in [0.15, 0.2) is 48.5 Å². The van der Waals surface area contributed by atoms with Crippen molar-refractivity contribution >= 4 is 35.0 Å². The van der Waals surface area contributed by atoms with Gasteiger partial charge in [-0.15, -0.1) is 0 Å². The lowest BCUT2D eigenvalue weighted by Gasteiger charge is -2.28. The van der Waals surface area contributed by atoms with Crippen molar-refractivity contribution in [2.75, 3.05) is 11.4 Å². The van der Waals surface area contributed by atoms with Crippen LogP contribution < -0.4 is 4.90 Å². The van der Waals surface area contributed by atoms with Gasteiger partial charge in [0.1, 0.15) is 6.04 Å². The molecule has 0 aromatic heterocycles. The molecule has 0 spiro atoms. The Labute approximate surface area is 176 Å². The molecule has 6 heteroatoms. The topological polar surface area (TPSA) is 57.7 Å². The minimum absolute atomic E-state index is 0.0116. The van der Waals surface area contributed by atoms with E-state index in [1.165, 1.54) is 4.90 Å². The quantitative estimate of drug-likeness (QED) is 0.642. The van der Waals surface area contributed by atoms with E-state index < -0.39 is 6.04 Å². The molecular weight excluding hydrogens is 388 g/mol. The maximum Gasteiger partial charge on any atom is 0.257 e. The second-order valence-electron chi connectivity index (χ2n) is 7.34. The zero-order valence-corrected chi connectivity index (χ0v) is 17.5. The number of carbonyl (C=O) groups excluding carboxylic acids is 3. The predicted molar refractivity (Wildman–Crippen MR) is 114 cm³/mol. The Morgan fingerprint density at radius 1 is 1.17 bits per heavy atom. The lowest BCUT2D eigenvalue weighted by molar-refractivity contribution is -0.138. The maximum atomic E-state index is 13.1. The summed E-state index contributed by atoms with van der Waals surface area (Å²) in [4.78, 5) is 41.3. The Kier molecular flexibility index (Phi) is 6.70. The highest BCUT2D eigenvalue weighted by Gasteiger charge is 2.43. The molecule has 2 aromatic rings. The Hall–Kier alpha value is -2.66. The van der Waals surface area contributed by atoms with Crippen molar-refractivity contribution in [3.05, 3.63) is 64.7 Å². The molecule has 3 amide bonds. The summed E-state index contributed by atoms with van der Waals surface area (Å²) < 4.78 is 0. The van der Waals surface area contributed by atoms with Crippen LogP contribution in [0.2, 0.25) is 5.02 Å². The molecule has 5 nitrogen and oxygen atoms in total. The molecule has 152 valence electrons. The molecule has 3 rings (SSSR count). The van der Waals surface area contributed by atoms with Gasteiger partial charge in [0, 0.05) is 18.0 Å². The largest absolute Gasteiger partial charge is 0.330 e. The SMILES string of the molecule is CCCC(=O)N(CCc1cccc(Cl)c1)C1CC(=O)N(c2ccc(C)cc2)C1=O. The summed E-state index contributed by atoms with van der Waals surface area (Å²) in [5, 5.41) is 0.631. The van der Waals surface area contributed by atoms with Crippen molar-refractivity contribution in [3.63, 3.8) is 0 Å². The zero-order valence-electron chi connectivity index (χ0n) is 16.7. The van der Waals surface area contributed by atoms with Crippen LogP contribution in [-0.4, -0.2) is 35.2 Å². The third-order valence-corrected chi connectivity index (χ3v) is 5.34. The first-order valence-corrected chi connectivity index (χ1v) is 10.3. The summed E-state index contributed by atoms with van der Waals surface area (Å²) in [7, 11) is 0.